The largest absolute Gasteiger partial charge is 0.380 e. The SMILES string of the molecule is CCCC1=CNC(C2=CC=CC(C)(C)C=C2)C=C1. The van der Waals surface area contributed by atoms with Crippen LogP contribution < -0.4 is 5.32 Å². The van der Waals surface area contributed by atoms with E-state index in [1.807, 2.05) is 0 Å². The van der Waals surface area contributed by atoms with Gasteiger partial charge in [-0.3, -0.25) is 0 Å². The van der Waals surface area contributed by atoms with Gasteiger partial charge in [-0.2, -0.15) is 0 Å². The Bertz CT molecular complexity index is 444. The van der Waals surface area contributed by atoms with Gasteiger partial charge >= 0.3 is 0 Å². The van der Waals surface area contributed by atoms with Gasteiger partial charge in [0.1, 0.15) is 0 Å². The fourth-order valence-corrected chi connectivity index (χ4v) is 2.21. The highest BCUT2D eigenvalue weighted by atomic mass is 14.9. The van der Waals surface area contributed by atoms with Crippen LogP contribution in [0.25, 0.3) is 0 Å². The minimum atomic E-state index is 0.153. The van der Waals surface area contributed by atoms with E-state index in [1.54, 1.807) is 0 Å². The van der Waals surface area contributed by atoms with E-state index in [-0.39, 0.29) is 5.41 Å². The molecular formula is C17H23N. The Morgan fingerprint density at radius 2 is 2.06 bits per heavy atom. The number of dihydropyridines is 1. The van der Waals surface area contributed by atoms with Crippen LogP contribution >= 0.6 is 0 Å². The first kappa shape index (κ1) is 12.9. The van der Waals surface area contributed by atoms with Gasteiger partial charge in [0.05, 0.1) is 6.04 Å². The molecule has 96 valence electrons. The molecular weight excluding hydrogens is 218 g/mol. The van der Waals surface area contributed by atoms with Crippen LogP contribution in [0.4, 0.5) is 0 Å². The molecule has 0 bridgehead atoms. The van der Waals surface area contributed by atoms with E-state index in [9.17, 15) is 0 Å². The number of allylic oxidation sites excluding steroid dienone is 6. The second-order valence-electron chi connectivity index (χ2n) is 5.65. The molecule has 0 fully saturated rings. The van der Waals surface area contributed by atoms with Crippen molar-refractivity contribution < 1.29 is 0 Å². The van der Waals surface area contributed by atoms with Gasteiger partial charge in [0.25, 0.3) is 0 Å². The highest BCUT2D eigenvalue weighted by Crippen LogP contribution is 2.24. The van der Waals surface area contributed by atoms with Crippen molar-refractivity contribution in [2.75, 3.05) is 0 Å². The van der Waals surface area contributed by atoms with Gasteiger partial charge in [-0.05, 0) is 17.6 Å². The lowest BCUT2D eigenvalue weighted by atomic mass is 9.92. The summed E-state index contributed by atoms with van der Waals surface area (Å²) in [7, 11) is 0. The van der Waals surface area contributed by atoms with E-state index in [1.165, 1.54) is 17.6 Å². The van der Waals surface area contributed by atoms with Crippen molar-refractivity contribution in [2.45, 2.75) is 39.7 Å². The third-order valence-electron chi connectivity index (χ3n) is 3.37. The molecule has 0 saturated heterocycles. The fourth-order valence-electron chi connectivity index (χ4n) is 2.21. The minimum absolute atomic E-state index is 0.153. The average molecular weight is 241 g/mol. The molecule has 0 saturated carbocycles. The molecule has 18 heavy (non-hydrogen) atoms. The third kappa shape index (κ3) is 3.25. The maximum Gasteiger partial charge on any atom is 0.0695 e. The number of hydrogen-bond acceptors (Lipinski definition) is 1. The summed E-state index contributed by atoms with van der Waals surface area (Å²) in [4.78, 5) is 0. The minimum Gasteiger partial charge on any atom is -0.380 e. The zero-order valence-electron chi connectivity index (χ0n) is 11.6. The molecule has 0 spiro atoms. The van der Waals surface area contributed by atoms with E-state index in [2.05, 4.69) is 74.8 Å². The standard InChI is InChI=1S/C17H23N/c1-4-6-14-8-9-16(18-13-14)15-7-5-11-17(2,3)12-10-15/h5,7-13,16,18H,4,6H2,1-3H3. The lowest BCUT2D eigenvalue weighted by molar-refractivity contribution is 0.626. The second kappa shape index (κ2) is 5.43. The van der Waals surface area contributed by atoms with Crippen molar-refractivity contribution in [3.05, 3.63) is 59.9 Å². The number of nitrogens with one attached hydrogen (secondary N) is 1. The Morgan fingerprint density at radius 1 is 1.22 bits per heavy atom. The molecule has 0 aromatic rings. The van der Waals surface area contributed by atoms with Crippen molar-refractivity contribution in [2.24, 2.45) is 5.41 Å². The smallest absolute Gasteiger partial charge is 0.0695 e. The predicted molar refractivity (Wildman–Crippen MR) is 79.2 cm³/mol. The number of rotatable bonds is 3. The van der Waals surface area contributed by atoms with Gasteiger partial charge in [0, 0.05) is 11.6 Å². The quantitative estimate of drug-likeness (QED) is 0.777. The van der Waals surface area contributed by atoms with Crippen LogP contribution in [0.15, 0.2) is 59.9 Å². The maximum atomic E-state index is 3.48. The van der Waals surface area contributed by atoms with Crippen molar-refractivity contribution >= 4 is 0 Å². The summed E-state index contributed by atoms with van der Waals surface area (Å²) in [6.45, 7) is 6.66. The molecule has 0 radical (unpaired) electrons. The Kier molecular flexibility index (Phi) is 3.90. The van der Waals surface area contributed by atoms with Gasteiger partial charge < -0.3 is 5.32 Å². The van der Waals surface area contributed by atoms with Crippen molar-refractivity contribution in [3.63, 3.8) is 0 Å². The van der Waals surface area contributed by atoms with Gasteiger partial charge in [0.15, 0.2) is 0 Å². The van der Waals surface area contributed by atoms with Gasteiger partial charge in [-0.25, -0.2) is 0 Å². The summed E-state index contributed by atoms with van der Waals surface area (Å²) >= 11 is 0. The summed E-state index contributed by atoms with van der Waals surface area (Å²) < 4.78 is 0. The van der Waals surface area contributed by atoms with Crippen LogP contribution in [-0.4, -0.2) is 6.04 Å². The fraction of sp³-hybridized carbons (Fsp3) is 0.412. The molecule has 1 aliphatic carbocycles. The third-order valence-corrected chi connectivity index (χ3v) is 3.37. The zero-order valence-corrected chi connectivity index (χ0v) is 11.6. The van der Waals surface area contributed by atoms with Crippen LogP contribution in [0.5, 0.6) is 0 Å². The Balaban J connectivity index is 2.06. The monoisotopic (exact) mass is 241 g/mol. The topological polar surface area (TPSA) is 12.0 Å². The molecule has 0 aromatic heterocycles. The second-order valence-corrected chi connectivity index (χ2v) is 5.65. The van der Waals surface area contributed by atoms with E-state index < -0.39 is 0 Å². The molecule has 1 heteroatoms. The Morgan fingerprint density at radius 3 is 2.72 bits per heavy atom. The van der Waals surface area contributed by atoms with Crippen molar-refractivity contribution in [1.29, 1.82) is 0 Å². The molecule has 1 unspecified atom stereocenters. The molecule has 0 amide bonds. The van der Waals surface area contributed by atoms with E-state index in [0.717, 1.165) is 6.42 Å². The Hall–Kier alpha value is -1.50. The molecule has 0 aromatic carbocycles. The van der Waals surface area contributed by atoms with Crippen LogP contribution in [-0.2, 0) is 0 Å². The highest BCUT2D eigenvalue weighted by Gasteiger charge is 2.15. The van der Waals surface area contributed by atoms with Gasteiger partial charge in [0.2, 0.25) is 0 Å². The normalized spacial score (nSPS) is 25.2. The van der Waals surface area contributed by atoms with Crippen molar-refractivity contribution in [1.82, 2.24) is 5.32 Å². The van der Waals surface area contributed by atoms with Crippen molar-refractivity contribution in [3.8, 4) is 0 Å². The molecule has 1 atom stereocenters. The average Bonchev–Trinajstić information content (AvgIpc) is 2.52. The first-order valence-electron chi connectivity index (χ1n) is 6.83. The van der Waals surface area contributed by atoms with Crippen LogP contribution in [0.3, 0.4) is 0 Å². The van der Waals surface area contributed by atoms with Crippen LogP contribution in [0, 0.1) is 5.41 Å². The van der Waals surface area contributed by atoms with Gasteiger partial charge in [-0.1, -0.05) is 69.7 Å². The first-order valence-corrected chi connectivity index (χ1v) is 6.83. The summed E-state index contributed by atoms with van der Waals surface area (Å²) in [5.41, 5.74) is 2.86. The summed E-state index contributed by atoms with van der Waals surface area (Å²) in [5, 5.41) is 3.48. The molecule has 1 aliphatic heterocycles. The van der Waals surface area contributed by atoms with Crippen LogP contribution in [0.2, 0.25) is 0 Å². The van der Waals surface area contributed by atoms with E-state index >= 15 is 0 Å². The van der Waals surface area contributed by atoms with Gasteiger partial charge in [-0.15, -0.1) is 0 Å². The van der Waals surface area contributed by atoms with E-state index in [4.69, 9.17) is 0 Å². The lowest BCUT2D eigenvalue weighted by Gasteiger charge is -2.20. The zero-order chi connectivity index (χ0) is 13.0. The predicted octanol–water partition coefficient (Wildman–Crippen LogP) is 4.28. The molecule has 1 N–H and O–H groups in total. The molecule has 1 heterocycles. The molecule has 2 aliphatic rings. The summed E-state index contributed by atoms with van der Waals surface area (Å²) in [6, 6.07) is 0.306. The van der Waals surface area contributed by atoms with E-state index in [0.29, 0.717) is 6.04 Å². The first-order chi connectivity index (χ1) is 8.61. The highest BCUT2D eigenvalue weighted by molar-refractivity contribution is 5.40. The van der Waals surface area contributed by atoms with Crippen LogP contribution in [0.1, 0.15) is 33.6 Å². The summed E-state index contributed by atoms with van der Waals surface area (Å²) in [6.07, 6.45) is 20.1. The molecule has 1 nitrogen and oxygen atoms in total. The maximum absolute atomic E-state index is 3.48. The number of hydrogen-bond donors (Lipinski definition) is 1. The lowest BCUT2D eigenvalue weighted by Crippen LogP contribution is -2.26. The molecule has 2 rings (SSSR count). The Labute approximate surface area is 111 Å². The summed E-state index contributed by atoms with van der Waals surface area (Å²) in [5.74, 6) is 0.